The van der Waals surface area contributed by atoms with Gasteiger partial charge in [0.15, 0.2) is 0 Å². The Bertz CT molecular complexity index is 703. The van der Waals surface area contributed by atoms with E-state index in [-0.39, 0.29) is 30.7 Å². The lowest BCUT2D eigenvalue weighted by atomic mass is 10.2. The van der Waals surface area contributed by atoms with Crippen molar-refractivity contribution in [3.63, 3.8) is 0 Å². The number of halogens is 2. The first-order chi connectivity index (χ1) is 11.8. The van der Waals surface area contributed by atoms with Crippen LogP contribution in [0, 0.1) is 0 Å². The summed E-state index contributed by atoms with van der Waals surface area (Å²) >= 11 is 0. The van der Waals surface area contributed by atoms with Crippen LogP contribution in [-0.4, -0.2) is 70.6 Å². The average Bonchev–Trinajstić information content (AvgIpc) is 3.32. The third-order valence-electron chi connectivity index (χ3n) is 5.01. The SMILES string of the molecule is Cl.Cl.O=C(c1cncn1-c1ccccc1)N1CCC(N2CCNCC2)C1. The summed E-state index contributed by atoms with van der Waals surface area (Å²) in [6.45, 7) is 5.89. The summed E-state index contributed by atoms with van der Waals surface area (Å²) < 4.78 is 1.88. The predicted octanol–water partition coefficient (Wildman–Crippen LogP) is 1.84. The molecule has 0 aliphatic carbocycles. The van der Waals surface area contributed by atoms with Crippen molar-refractivity contribution >= 4 is 30.7 Å². The number of para-hydroxylation sites is 1. The second kappa shape index (κ2) is 9.37. The number of carbonyl (C=O) groups is 1. The largest absolute Gasteiger partial charge is 0.336 e. The van der Waals surface area contributed by atoms with E-state index in [4.69, 9.17) is 0 Å². The molecule has 2 aromatic rings. The highest BCUT2D eigenvalue weighted by Gasteiger charge is 2.32. The molecule has 1 unspecified atom stereocenters. The molecule has 6 nitrogen and oxygen atoms in total. The summed E-state index contributed by atoms with van der Waals surface area (Å²) in [5, 5.41) is 3.39. The van der Waals surface area contributed by atoms with Gasteiger partial charge in [-0.05, 0) is 18.6 Å². The fourth-order valence-corrected chi connectivity index (χ4v) is 3.68. The molecule has 142 valence electrons. The fraction of sp³-hybridized carbons (Fsp3) is 0.444. The van der Waals surface area contributed by atoms with E-state index in [0.717, 1.165) is 51.4 Å². The van der Waals surface area contributed by atoms with Gasteiger partial charge in [-0.1, -0.05) is 18.2 Å². The standard InChI is InChI=1S/C18H23N5O.2ClH/c24-18(17-12-20-14-23(17)15-4-2-1-3-5-15)22-9-6-16(13-22)21-10-7-19-8-11-21;;/h1-5,12,14,16,19H,6-11,13H2;2*1H. The van der Waals surface area contributed by atoms with Gasteiger partial charge in [-0.15, -0.1) is 24.8 Å². The molecule has 1 amide bonds. The van der Waals surface area contributed by atoms with Gasteiger partial charge in [-0.3, -0.25) is 14.3 Å². The smallest absolute Gasteiger partial charge is 0.272 e. The Kier molecular flexibility index (Phi) is 7.46. The van der Waals surface area contributed by atoms with Gasteiger partial charge in [0.05, 0.1) is 12.5 Å². The van der Waals surface area contributed by atoms with Crippen molar-refractivity contribution < 1.29 is 4.79 Å². The Morgan fingerprint density at radius 3 is 2.54 bits per heavy atom. The molecule has 2 saturated heterocycles. The molecule has 4 rings (SSSR count). The number of rotatable bonds is 3. The number of benzene rings is 1. The van der Waals surface area contributed by atoms with E-state index in [9.17, 15) is 4.79 Å². The van der Waals surface area contributed by atoms with E-state index in [1.54, 1.807) is 12.5 Å². The zero-order chi connectivity index (χ0) is 16.4. The second-order valence-electron chi connectivity index (χ2n) is 6.46. The second-order valence-corrected chi connectivity index (χ2v) is 6.46. The fourth-order valence-electron chi connectivity index (χ4n) is 3.68. The maximum absolute atomic E-state index is 13.0. The molecule has 0 spiro atoms. The lowest BCUT2D eigenvalue weighted by Crippen LogP contribution is -2.49. The molecule has 0 saturated carbocycles. The molecule has 1 aromatic heterocycles. The van der Waals surface area contributed by atoms with Gasteiger partial charge in [0.1, 0.15) is 5.69 Å². The van der Waals surface area contributed by atoms with Crippen LogP contribution < -0.4 is 5.32 Å². The van der Waals surface area contributed by atoms with Crippen molar-refractivity contribution in [3.05, 3.63) is 48.5 Å². The molecule has 1 atom stereocenters. The quantitative estimate of drug-likeness (QED) is 0.858. The van der Waals surface area contributed by atoms with Crippen LogP contribution in [0.4, 0.5) is 0 Å². The van der Waals surface area contributed by atoms with Crippen LogP contribution in [0.15, 0.2) is 42.9 Å². The van der Waals surface area contributed by atoms with Gasteiger partial charge in [0.25, 0.3) is 5.91 Å². The van der Waals surface area contributed by atoms with Gasteiger partial charge >= 0.3 is 0 Å². The molecule has 26 heavy (non-hydrogen) atoms. The van der Waals surface area contributed by atoms with E-state index >= 15 is 0 Å². The number of hydrogen-bond acceptors (Lipinski definition) is 4. The van der Waals surface area contributed by atoms with E-state index < -0.39 is 0 Å². The Labute approximate surface area is 166 Å². The summed E-state index contributed by atoms with van der Waals surface area (Å²) in [5.41, 5.74) is 1.61. The van der Waals surface area contributed by atoms with Crippen molar-refractivity contribution in [1.29, 1.82) is 0 Å². The first kappa shape index (κ1) is 20.7. The van der Waals surface area contributed by atoms with E-state index in [1.165, 1.54) is 0 Å². The van der Waals surface area contributed by atoms with Crippen molar-refractivity contribution in [2.75, 3.05) is 39.3 Å². The molecule has 0 radical (unpaired) electrons. The minimum atomic E-state index is 0. The normalized spacial score (nSPS) is 20.3. The third-order valence-corrected chi connectivity index (χ3v) is 5.01. The Morgan fingerprint density at radius 2 is 1.81 bits per heavy atom. The van der Waals surface area contributed by atoms with Crippen LogP contribution in [0.2, 0.25) is 0 Å². The minimum Gasteiger partial charge on any atom is -0.336 e. The van der Waals surface area contributed by atoms with Crippen molar-refractivity contribution in [2.24, 2.45) is 0 Å². The minimum absolute atomic E-state index is 0. The zero-order valence-electron chi connectivity index (χ0n) is 14.6. The van der Waals surface area contributed by atoms with Crippen molar-refractivity contribution in [2.45, 2.75) is 12.5 Å². The summed E-state index contributed by atoms with van der Waals surface area (Å²) in [5.74, 6) is 0.0778. The van der Waals surface area contributed by atoms with Gasteiger partial charge in [-0.25, -0.2) is 4.98 Å². The number of likely N-dealkylation sites (tertiary alicyclic amines) is 1. The number of amides is 1. The van der Waals surface area contributed by atoms with E-state index in [0.29, 0.717) is 11.7 Å². The number of carbonyl (C=O) groups excluding carboxylic acids is 1. The molecule has 1 N–H and O–H groups in total. The maximum atomic E-state index is 13.0. The lowest BCUT2D eigenvalue weighted by Gasteiger charge is -2.32. The van der Waals surface area contributed by atoms with Gasteiger partial charge < -0.3 is 10.2 Å². The molecular formula is C18H25Cl2N5O. The van der Waals surface area contributed by atoms with Crippen LogP contribution in [0.25, 0.3) is 5.69 Å². The first-order valence-corrected chi connectivity index (χ1v) is 8.65. The third kappa shape index (κ3) is 4.20. The number of aromatic nitrogens is 2. The molecule has 2 aliphatic rings. The molecule has 0 bridgehead atoms. The topological polar surface area (TPSA) is 53.4 Å². The number of piperazine rings is 1. The van der Waals surface area contributed by atoms with Gasteiger partial charge in [-0.2, -0.15) is 0 Å². The molecule has 8 heteroatoms. The maximum Gasteiger partial charge on any atom is 0.272 e. The molecular weight excluding hydrogens is 373 g/mol. The Morgan fingerprint density at radius 1 is 1.08 bits per heavy atom. The summed E-state index contributed by atoms with van der Waals surface area (Å²) in [6.07, 6.45) is 4.45. The van der Waals surface area contributed by atoms with Crippen molar-refractivity contribution in [1.82, 2.24) is 24.7 Å². The van der Waals surface area contributed by atoms with E-state index in [1.807, 2.05) is 39.8 Å². The van der Waals surface area contributed by atoms with Crippen LogP contribution in [0.5, 0.6) is 0 Å². The Balaban J connectivity index is 0.00000121. The van der Waals surface area contributed by atoms with Crippen LogP contribution in [0.3, 0.4) is 0 Å². The van der Waals surface area contributed by atoms with Crippen molar-refractivity contribution in [3.8, 4) is 5.69 Å². The summed E-state index contributed by atoms with van der Waals surface area (Å²) in [6, 6.07) is 10.4. The molecule has 2 aliphatic heterocycles. The number of hydrogen-bond donors (Lipinski definition) is 1. The molecule has 2 fully saturated rings. The summed E-state index contributed by atoms with van der Waals surface area (Å²) in [7, 11) is 0. The number of imidazole rings is 1. The molecule has 1 aromatic carbocycles. The van der Waals surface area contributed by atoms with Gasteiger partial charge in [0.2, 0.25) is 0 Å². The highest BCUT2D eigenvalue weighted by Crippen LogP contribution is 2.20. The highest BCUT2D eigenvalue weighted by atomic mass is 35.5. The summed E-state index contributed by atoms with van der Waals surface area (Å²) in [4.78, 5) is 21.6. The number of nitrogens with zero attached hydrogens (tertiary/aromatic N) is 4. The van der Waals surface area contributed by atoms with Crippen LogP contribution in [-0.2, 0) is 0 Å². The highest BCUT2D eigenvalue weighted by molar-refractivity contribution is 5.93. The van der Waals surface area contributed by atoms with Gasteiger partial charge in [0, 0.05) is 51.0 Å². The zero-order valence-corrected chi connectivity index (χ0v) is 16.2. The monoisotopic (exact) mass is 397 g/mol. The Hall–Kier alpha value is -1.60. The average molecular weight is 398 g/mol. The van der Waals surface area contributed by atoms with Crippen LogP contribution in [0.1, 0.15) is 16.9 Å². The number of nitrogens with one attached hydrogen (secondary N) is 1. The lowest BCUT2D eigenvalue weighted by molar-refractivity contribution is 0.0765. The first-order valence-electron chi connectivity index (χ1n) is 8.65. The molecule has 3 heterocycles. The predicted molar refractivity (Wildman–Crippen MR) is 107 cm³/mol. The van der Waals surface area contributed by atoms with E-state index in [2.05, 4.69) is 15.2 Å². The van der Waals surface area contributed by atoms with Crippen LogP contribution >= 0.6 is 24.8 Å².